The molecule has 0 fully saturated rings. The van der Waals surface area contributed by atoms with Crippen molar-refractivity contribution in [2.24, 2.45) is 7.05 Å². The van der Waals surface area contributed by atoms with Crippen LogP contribution in [0.2, 0.25) is 0 Å². The Morgan fingerprint density at radius 2 is 2.46 bits per heavy atom. The van der Waals surface area contributed by atoms with E-state index in [0.717, 1.165) is 11.3 Å². The number of aryl methyl sites for hydroxylation is 1. The molecule has 0 spiro atoms. The molecule has 0 atom stereocenters. The van der Waals surface area contributed by atoms with Gasteiger partial charge in [-0.15, -0.1) is 6.42 Å². The van der Waals surface area contributed by atoms with Crippen molar-refractivity contribution in [3.8, 4) is 12.3 Å². The molecule has 0 bridgehead atoms. The molecule has 0 radical (unpaired) electrons. The van der Waals surface area contributed by atoms with Gasteiger partial charge in [-0.3, -0.25) is 9.48 Å². The molecule has 0 saturated carbocycles. The Morgan fingerprint density at radius 3 is 3.08 bits per heavy atom. The Balaban J connectivity index is 2.24. The molecule has 2 heterocycles. The number of hydrogen-bond acceptors (Lipinski definition) is 2. The van der Waals surface area contributed by atoms with E-state index in [-0.39, 0.29) is 5.91 Å². The van der Waals surface area contributed by atoms with Crippen LogP contribution in [0, 0.1) is 12.3 Å². The molecule has 1 aromatic heterocycles. The monoisotopic (exact) mass is 175 g/mol. The molecule has 0 N–H and O–H groups in total. The van der Waals surface area contributed by atoms with Crippen molar-refractivity contribution >= 4 is 5.91 Å². The largest absolute Gasteiger partial charge is 0.322 e. The standard InChI is InChI=1S/C9H9N3O/c1-3-9(13)12-5-7-4-10-11(2)8(7)6-12/h1,4H,5-6H2,2H3. The second kappa shape index (κ2) is 2.63. The van der Waals surface area contributed by atoms with E-state index in [2.05, 4.69) is 11.0 Å². The Kier molecular flexibility index (Phi) is 1.59. The fourth-order valence-corrected chi connectivity index (χ4v) is 1.52. The molecule has 0 saturated heterocycles. The Morgan fingerprint density at radius 1 is 1.69 bits per heavy atom. The summed E-state index contributed by atoms with van der Waals surface area (Å²) < 4.78 is 1.78. The van der Waals surface area contributed by atoms with Gasteiger partial charge in [-0.1, -0.05) is 0 Å². The number of rotatable bonds is 0. The van der Waals surface area contributed by atoms with Gasteiger partial charge >= 0.3 is 0 Å². The van der Waals surface area contributed by atoms with Crippen molar-refractivity contribution in [3.05, 3.63) is 17.5 Å². The maximum atomic E-state index is 11.2. The number of fused-ring (bicyclic) bond motifs is 1. The summed E-state index contributed by atoms with van der Waals surface area (Å²) in [4.78, 5) is 12.8. The van der Waals surface area contributed by atoms with Gasteiger partial charge in [0.25, 0.3) is 5.91 Å². The predicted molar refractivity (Wildman–Crippen MR) is 46.3 cm³/mol. The number of hydrogen-bond donors (Lipinski definition) is 0. The van der Waals surface area contributed by atoms with E-state index in [4.69, 9.17) is 6.42 Å². The summed E-state index contributed by atoms with van der Waals surface area (Å²) >= 11 is 0. The van der Waals surface area contributed by atoms with Crippen LogP contribution >= 0.6 is 0 Å². The second-order valence-corrected chi connectivity index (χ2v) is 3.05. The Hall–Kier alpha value is -1.76. The Bertz CT molecular complexity index is 399. The van der Waals surface area contributed by atoms with Crippen molar-refractivity contribution < 1.29 is 4.79 Å². The molecular weight excluding hydrogens is 166 g/mol. The normalized spacial score (nSPS) is 14.0. The third-order valence-electron chi connectivity index (χ3n) is 2.26. The zero-order valence-electron chi connectivity index (χ0n) is 7.32. The smallest absolute Gasteiger partial charge is 0.298 e. The minimum atomic E-state index is -0.254. The first-order valence-corrected chi connectivity index (χ1v) is 3.97. The van der Waals surface area contributed by atoms with E-state index in [0.29, 0.717) is 13.1 Å². The summed E-state index contributed by atoms with van der Waals surface area (Å²) in [7, 11) is 1.86. The van der Waals surface area contributed by atoms with Crippen molar-refractivity contribution in [1.29, 1.82) is 0 Å². The third kappa shape index (κ3) is 1.09. The number of carbonyl (C=O) groups is 1. The van der Waals surface area contributed by atoms with Gasteiger partial charge in [-0.05, 0) is 5.92 Å². The first-order valence-electron chi connectivity index (χ1n) is 3.97. The van der Waals surface area contributed by atoms with Crippen LogP contribution < -0.4 is 0 Å². The zero-order chi connectivity index (χ0) is 9.42. The number of carbonyl (C=O) groups excluding carboxylic acids is 1. The van der Waals surface area contributed by atoms with Crippen LogP contribution in [0.15, 0.2) is 6.20 Å². The fourth-order valence-electron chi connectivity index (χ4n) is 1.52. The summed E-state index contributed by atoms with van der Waals surface area (Å²) in [5.74, 6) is 1.85. The summed E-state index contributed by atoms with van der Waals surface area (Å²) in [6.07, 6.45) is 6.81. The lowest BCUT2D eigenvalue weighted by atomic mass is 10.3. The summed E-state index contributed by atoms with van der Waals surface area (Å²) in [5, 5.41) is 4.08. The second-order valence-electron chi connectivity index (χ2n) is 3.05. The van der Waals surface area contributed by atoms with Crippen molar-refractivity contribution in [2.75, 3.05) is 0 Å². The third-order valence-corrected chi connectivity index (χ3v) is 2.26. The van der Waals surface area contributed by atoms with E-state index in [1.165, 1.54) is 0 Å². The van der Waals surface area contributed by atoms with E-state index in [1.54, 1.807) is 15.8 Å². The van der Waals surface area contributed by atoms with Crippen LogP contribution in [0.25, 0.3) is 0 Å². The molecular formula is C9H9N3O. The van der Waals surface area contributed by atoms with Crippen molar-refractivity contribution in [2.45, 2.75) is 13.1 Å². The highest BCUT2D eigenvalue weighted by Crippen LogP contribution is 2.21. The predicted octanol–water partition coefficient (Wildman–Crippen LogP) is -0.105. The summed E-state index contributed by atoms with van der Waals surface area (Å²) in [6, 6.07) is 0. The number of amides is 1. The lowest BCUT2D eigenvalue weighted by molar-refractivity contribution is -0.125. The molecule has 0 aromatic carbocycles. The lowest BCUT2D eigenvalue weighted by Gasteiger charge is -2.10. The molecule has 1 aliphatic rings. The molecule has 0 aliphatic carbocycles. The maximum Gasteiger partial charge on any atom is 0.298 e. The number of terminal acetylenes is 1. The van der Waals surface area contributed by atoms with E-state index in [9.17, 15) is 4.79 Å². The van der Waals surface area contributed by atoms with Gasteiger partial charge in [-0.25, -0.2) is 0 Å². The molecule has 0 unspecified atom stereocenters. The molecule has 2 rings (SSSR count). The zero-order valence-corrected chi connectivity index (χ0v) is 7.32. The molecule has 1 aliphatic heterocycles. The molecule has 4 heteroatoms. The van der Waals surface area contributed by atoms with Gasteiger partial charge in [0.05, 0.1) is 25.0 Å². The van der Waals surface area contributed by atoms with Gasteiger partial charge in [0.15, 0.2) is 0 Å². The van der Waals surface area contributed by atoms with Gasteiger partial charge in [-0.2, -0.15) is 5.10 Å². The van der Waals surface area contributed by atoms with Crippen LogP contribution in [-0.4, -0.2) is 20.6 Å². The lowest BCUT2D eigenvalue weighted by Crippen LogP contribution is -2.24. The van der Waals surface area contributed by atoms with Gasteiger partial charge in [0.1, 0.15) is 0 Å². The van der Waals surface area contributed by atoms with Crippen LogP contribution in [0.5, 0.6) is 0 Å². The summed E-state index contributed by atoms with van der Waals surface area (Å²) in [6.45, 7) is 1.17. The minimum absolute atomic E-state index is 0.254. The maximum absolute atomic E-state index is 11.2. The van der Waals surface area contributed by atoms with Crippen LogP contribution in [0.3, 0.4) is 0 Å². The van der Waals surface area contributed by atoms with Crippen LogP contribution in [0.1, 0.15) is 11.3 Å². The minimum Gasteiger partial charge on any atom is -0.322 e. The molecule has 1 amide bonds. The number of aromatic nitrogens is 2. The highest BCUT2D eigenvalue weighted by atomic mass is 16.2. The van der Waals surface area contributed by atoms with Crippen LogP contribution in [-0.2, 0) is 24.9 Å². The average Bonchev–Trinajstić information content (AvgIpc) is 2.67. The fraction of sp³-hybridized carbons (Fsp3) is 0.333. The van der Waals surface area contributed by atoms with Gasteiger partial charge in [0.2, 0.25) is 0 Å². The quantitative estimate of drug-likeness (QED) is 0.516. The molecule has 1 aromatic rings. The van der Waals surface area contributed by atoms with E-state index >= 15 is 0 Å². The topological polar surface area (TPSA) is 38.1 Å². The van der Waals surface area contributed by atoms with Gasteiger partial charge in [0, 0.05) is 12.6 Å². The van der Waals surface area contributed by atoms with E-state index < -0.39 is 0 Å². The first kappa shape index (κ1) is 7.87. The summed E-state index contributed by atoms with van der Waals surface area (Å²) in [5.41, 5.74) is 2.16. The highest BCUT2D eigenvalue weighted by Gasteiger charge is 2.24. The average molecular weight is 175 g/mol. The SMILES string of the molecule is C#CC(=O)N1Cc2cnn(C)c2C1. The van der Waals surface area contributed by atoms with Crippen molar-refractivity contribution in [3.63, 3.8) is 0 Å². The Labute approximate surface area is 76.1 Å². The van der Waals surface area contributed by atoms with Crippen molar-refractivity contribution in [1.82, 2.24) is 14.7 Å². The van der Waals surface area contributed by atoms with E-state index in [1.807, 2.05) is 7.05 Å². The molecule has 66 valence electrons. The number of nitrogens with zero attached hydrogens (tertiary/aromatic N) is 3. The highest BCUT2D eigenvalue weighted by molar-refractivity contribution is 5.93. The first-order chi connectivity index (χ1) is 6.22. The molecule has 13 heavy (non-hydrogen) atoms. The molecule has 4 nitrogen and oxygen atoms in total. The van der Waals surface area contributed by atoms with Gasteiger partial charge < -0.3 is 4.90 Å². The van der Waals surface area contributed by atoms with Crippen LogP contribution in [0.4, 0.5) is 0 Å².